The highest BCUT2D eigenvalue weighted by Crippen LogP contribution is 2.03. The van der Waals surface area contributed by atoms with Crippen molar-refractivity contribution in [1.82, 2.24) is 5.32 Å². The van der Waals surface area contributed by atoms with Crippen molar-refractivity contribution in [3.05, 3.63) is 47.4 Å². The molecule has 0 aliphatic rings. The molecular formula is C17H29FN2. The van der Waals surface area contributed by atoms with Crippen LogP contribution in [0.2, 0.25) is 0 Å². The lowest BCUT2D eigenvalue weighted by Gasteiger charge is -2.06. The van der Waals surface area contributed by atoms with E-state index in [1.807, 2.05) is 47.6 Å². The van der Waals surface area contributed by atoms with Crippen LogP contribution in [0.15, 0.2) is 41.0 Å². The maximum atomic E-state index is 12.7. The first-order valence-electron chi connectivity index (χ1n) is 7.22. The molecule has 0 aliphatic heterocycles. The average molecular weight is 280 g/mol. The van der Waals surface area contributed by atoms with Gasteiger partial charge in [0, 0.05) is 25.0 Å². The quantitative estimate of drug-likeness (QED) is 0.774. The van der Waals surface area contributed by atoms with Crippen LogP contribution >= 0.6 is 0 Å². The number of hydrogen-bond acceptors (Lipinski definition) is 2. The largest absolute Gasteiger partial charge is 0.384 e. The molecule has 1 aromatic rings. The van der Waals surface area contributed by atoms with Gasteiger partial charge in [0.05, 0.1) is 0 Å². The lowest BCUT2D eigenvalue weighted by Crippen LogP contribution is -2.11. The van der Waals surface area contributed by atoms with Gasteiger partial charge in [0.25, 0.3) is 0 Å². The molecule has 0 unspecified atom stereocenters. The van der Waals surface area contributed by atoms with Gasteiger partial charge >= 0.3 is 0 Å². The number of hydrogen-bond donors (Lipinski definition) is 1. The predicted molar refractivity (Wildman–Crippen MR) is 88.7 cm³/mol. The monoisotopic (exact) mass is 280 g/mol. The summed E-state index contributed by atoms with van der Waals surface area (Å²) in [6.45, 7) is 12.6. The van der Waals surface area contributed by atoms with Gasteiger partial charge in [0.2, 0.25) is 0 Å². The Bertz CT molecular complexity index is 392. The second kappa shape index (κ2) is 13.8. The maximum absolute atomic E-state index is 12.7. The minimum Gasteiger partial charge on any atom is -0.384 e. The van der Waals surface area contributed by atoms with E-state index in [0.717, 1.165) is 17.0 Å². The molecule has 0 radical (unpaired) electrons. The minimum atomic E-state index is -0.204. The van der Waals surface area contributed by atoms with E-state index in [1.165, 1.54) is 12.1 Å². The van der Waals surface area contributed by atoms with Gasteiger partial charge in [-0.3, -0.25) is 4.99 Å². The normalized spacial score (nSPS) is 10.8. The van der Waals surface area contributed by atoms with Crippen LogP contribution in [0.5, 0.6) is 0 Å². The van der Waals surface area contributed by atoms with Gasteiger partial charge in [0.15, 0.2) is 0 Å². The van der Waals surface area contributed by atoms with Gasteiger partial charge in [-0.1, -0.05) is 39.8 Å². The Morgan fingerprint density at radius 1 is 1.10 bits per heavy atom. The van der Waals surface area contributed by atoms with Crippen LogP contribution in [0, 0.1) is 5.82 Å². The Kier molecular flexibility index (Phi) is 14.2. The first-order valence-corrected chi connectivity index (χ1v) is 7.22. The Labute approximate surface area is 123 Å². The lowest BCUT2D eigenvalue weighted by atomic mass is 10.2. The van der Waals surface area contributed by atoms with Gasteiger partial charge in [-0.2, -0.15) is 0 Å². The van der Waals surface area contributed by atoms with Gasteiger partial charge in [0.1, 0.15) is 5.82 Å². The molecule has 1 aromatic carbocycles. The Morgan fingerprint density at radius 2 is 1.60 bits per heavy atom. The molecule has 0 saturated carbocycles. The van der Waals surface area contributed by atoms with Crippen molar-refractivity contribution in [2.24, 2.45) is 4.99 Å². The third kappa shape index (κ3) is 10.3. The lowest BCUT2D eigenvalue weighted by molar-refractivity contribution is 0.626. The number of benzene rings is 1. The molecule has 0 amide bonds. The van der Waals surface area contributed by atoms with Crippen LogP contribution in [0.3, 0.4) is 0 Å². The summed E-state index contributed by atoms with van der Waals surface area (Å²) >= 11 is 0. The number of allylic oxidation sites excluding steroid dienone is 2. The second-order valence-electron chi connectivity index (χ2n) is 3.67. The summed E-state index contributed by atoms with van der Waals surface area (Å²) in [5, 5.41) is 3.24. The standard InChI is InChI=1S/C13H17FN2.2C2H6/c1-10(15-3)8-11(2)16-9-12-4-6-13(14)7-5-12;2*1-2/h4-8,16H,9H2,1-3H3;2*1-2H3/b11-8+,15-10?;;. The van der Waals surface area contributed by atoms with Crippen molar-refractivity contribution >= 4 is 5.71 Å². The van der Waals surface area contributed by atoms with Gasteiger partial charge < -0.3 is 5.32 Å². The van der Waals surface area contributed by atoms with Gasteiger partial charge in [-0.25, -0.2) is 4.39 Å². The maximum Gasteiger partial charge on any atom is 0.123 e. The molecule has 0 aliphatic carbocycles. The average Bonchev–Trinajstić information content (AvgIpc) is 2.50. The van der Waals surface area contributed by atoms with Crippen molar-refractivity contribution in [3.8, 4) is 0 Å². The van der Waals surface area contributed by atoms with E-state index in [0.29, 0.717) is 6.54 Å². The molecule has 114 valence electrons. The van der Waals surface area contributed by atoms with Crippen LogP contribution in [0.25, 0.3) is 0 Å². The molecule has 0 heterocycles. The highest BCUT2D eigenvalue weighted by molar-refractivity contribution is 5.93. The van der Waals surface area contributed by atoms with Crippen LogP contribution in [0.1, 0.15) is 47.1 Å². The fourth-order valence-electron chi connectivity index (χ4n) is 1.27. The summed E-state index contributed by atoms with van der Waals surface area (Å²) in [7, 11) is 1.76. The van der Waals surface area contributed by atoms with Gasteiger partial charge in [-0.15, -0.1) is 0 Å². The summed E-state index contributed by atoms with van der Waals surface area (Å²) in [5.74, 6) is -0.204. The molecule has 0 spiro atoms. The fraction of sp³-hybridized carbons (Fsp3) is 0.471. The minimum absolute atomic E-state index is 0.204. The van der Waals surface area contributed by atoms with E-state index < -0.39 is 0 Å². The predicted octanol–water partition coefficient (Wildman–Crippen LogP) is 4.96. The SMILES string of the molecule is CC.CC.CN=C(C)/C=C(\C)NCc1ccc(F)cc1. The van der Waals surface area contributed by atoms with Crippen LogP contribution in [-0.2, 0) is 6.54 Å². The molecule has 3 heteroatoms. The van der Waals surface area contributed by atoms with Crippen molar-refractivity contribution in [2.45, 2.75) is 48.1 Å². The van der Waals surface area contributed by atoms with Crippen molar-refractivity contribution in [1.29, 1.82) is 0 Å². The molecule has 20 heavy (non-hydrogen) atoms. The number of nitrogens with zero attached hydrogens (tertiary/aromatic N) is 1. The summed E-state index contributed by atoms with van der Waals surface area (Å²) < 4.78 is 12.7. The molecule has 0 saturated heterocycles. The van der Waals surface area contributed by atoms with E-state index >= 15 is 0 Å². The van der Waals surface area contributed by atoms with Crippen LogP contribution in [-0.4, -0.2) is 12.8 Å². The third-order valence-electron chi connectivity index (χ3n) is 2.26. The van der Waals surface area contributed by atoms with E-state index in [-0.39, 0.29) is 5.82 Å². The zero-order valence-electron chi connectivity index (χ0n) is 13.9. The molecule has 1 rings (SSSR count). The summed E-state index contributed by atoms with van der Waals surface area (Å²) in [6.07, 6.45) is 1.98. The zero-order valence-corrected chi connectivity index (χ0v) is 13.9. The zero-order chi connectivity index (χ0) is 16.0. The fourth-order valence-corrected chi connectivity index (χ4v) is 1.27. The Morgan fingerprint density at radius 3 is 2.05 bits per heavy atom. The molecule has 0 atom stereocenters. The number of halogens is 1. The molecule has 0 fully saturated rings. The third-order valence-corrected chi connectivity index (χ3v) is 2.26. The highest BCUT2D eigenvalue weighted by atomic mass is 19.1. The van der Waals surface area contributed by atoms with Crippen molar-refractivity contribution < 1.29 is 4.39 Å². The molecular weight excluding hydrogens is 251 g/mol. The second-order valence-corrected chi connectivity index (χ2v) is 3.67. The number of nitrogens with one attached hydrogen (secondary N) is 1. The van der Waals surface area contributed by atoms with E-state index in [1.54, 1.807) is 19.2 Å². The van der Waals surface area contributed by atoms with Crippen molar-refractivity contribution in [2.75, 3.05) is 7.05 Å². The highest BCUT2D eigenvalue weighted by Gasteiger charge is 1.94. The van der Waals surface area contributed by atoms with E-state index in [2.05, 4.69) is 10.3 Å². The first kappa shape index (κ1) is 20.7. The summed E-state index contributed by atoms with van der Waals surface area (Å²) in [5.41, 5.74) is 3.08. The molecule has 1 N–H and O–H groups in total. The summed E-state index contributed by atoms with van der Waals surface area (Å²) in [6, 6.07) is 6.48. The van der Waals surface area contributed by atoms with Crippen LogP contribution in [0.4, 0.5) is 4.39 Å². The number of rotatable bonds is 4. The van der Waals surface area contributed by atoms with Crippen LogP contribution < -0.4 is 5.32 Å². The van der Waals surface area contributed by atoms with Crippen molar-refractivity contribution in [3.63, 3.8) is 0 Å². The number of aliphatic imine (C=N–C) groups is 1. The first-order chi connectivity index (χ1) is 9.61. The molecule has 0 aromatic heterocycles. The van der Waals surface area contributed by atoms with E-state index in [9.17, 15) is 4.39 Å². The van der Waals surface area contributed by atoms with E-state index in [4.69, 9.17) is 0 Å². The Balaban J connectivity index is 0. The molecule has 2 nitrogen and oxygen atoms in total. The van der Waals surface area contributed by atoms with Gasteiger partial charge in [-0.05, 0) is 37.6 Å². The smallest absolute Gasteiger partial charge is 0.123 e. The Hall–Kier alpha value is -1.64. The molecule has 0 bridgehead atoms. The summed E-state index contributed by atoms with van der Waals surface area (Å²) in [4.78, 5) is 4.05. The topological polar surface area (TPSA) is 24.4 Å².